The van der Waals surface area contributed by atoms with Crippen LogP contribution in [0.2, 0.25) is 0 Å². The summed E-state index contributed by atoms with van der Waals surface area (Å²) < 4.78 is 5.73. The van der Waals surface area contributed by atoms with Gasteiger partial charge in [-0.3, -0.25) is 28.8 Å². The zero-order valence-electron chi connectivity index (χ0n) is 31.4. The first-order valence-electron chi connectivity index (χ1n) is 18.5. The summed E-state index contributed by atoms with van der Waals surface area (Å²) in [7, 11) is 3.12. The van der Waals surface area contributed by atoms with Crippen molar-refractivity contribution in [3.63, 3.8) is 0 Å². The minimum Gasteiger partial charge on any atom is -0.452 e. The Hall–Kier alpha value is -4.74. The number of ether oxygens (including phenoxy) is 1. The topological polar surface area (TPSA) is 145 Å². The number of nitrogens with one attached hydrogen (secondary N) is 2. The zero-order valence-corrected chi connectivity index (χ0v) is 31.4. The predicted octanol–water partition coefficient (Wildman–Crippen LogP) is 3.13. The third-order valence-electron chi connectivity index (χ3n) is 9.87. The number of rotatable bonds is 7. The predicted molar refractivity (Wildman–Crippen MR) is 196 cm³/mol. The number of nitrogens with zero attached hydrogens (tertiary/aromatic N) is 3. The maximum atomic E-state index is 14.5. The molecule has 2 aliphatic rings. The van der Waals surface area contributed by atoms with Crippen LogP contribution in [-0.4, -0.2) is 108 Å². The molecule has 2 fully saturated rings. The first kappa shape index (κ1) is 40.0. The van der Waals surface area contributed by atoms with E-state index in [1.807, 2.05) is 88.4 Å². The second-order valence-corrected chi connectivity index (χ2v) is 14.7. The van der Waals surface area contributed by atoms with Crippen LogP contribution in [-0.2, 0) is 46.3 Å². The van der Waals surface area contributed by atoms with Gasteiger partial charge in [-0.15, -0.1) is 0 Å². The van der Waals surface area contributed by atoms with Crippen molar-refractivity contribution < 1.29 is 33.5 Å². The van der Waals surface area contributed by atoms with Gasteiger partial charge in [0.25, 0.3) is 5.91 Å². The summed E-state index contributed by atoms with van der Waals surface area (Å²) in [6.07, 6.45) is 0.771. The fourth-order valence-electron chi connectivity index (χ4n) is 7.10. The third-order valence-corrected chi connectivity index (χ3v) is 9.87. The van der Waals surface area contributed by atoms with Crippen molar-refractivity contribution in [1.82, 2.24) is 25.3 Å². The second kappa shape index (κ2) is 18.7. The second-order valence-electron chi connectivity index (χ2n) is 14.7. The molecule has 0 spiro atoms. The number of benzene rings is 2. The smallest absolute Gasteiger partial charge is 0.306 e. The van der Waals surface area contributed by atoms with Crippen LogP contribution in [0.4, 0.5) is 0 Å². The Labute approximate surface area is 307 Å². The first-order chi connectivity index (χ1) is 24.8. The molecule has 0 aromatic heterocycles. The van der Waals surface area contributed by atoms with Crippen LogP contribution < -0.4 is 10.6 Å². The van der Waals surface area contributed by atoms with Gasteiger partial charge in [0.1, 0.15) is 24.2 Å². The number of carbonyl (C=O) groups is 6. The molecular formula is C40H55N5O7. The van der Waals surface area contributed by atoms with Crippen LogP contribution in [0.3, 0.4) is 0 Å². The van der Waals surface area contributed by atoms with E-state index >= 15 is 0 Å². The summed E-state index contributed by atoms with van der Waals surface area (Å²) >= 11 is 0. The van der Waals surface area contributed by atoms with Gasteiger partial charge < -0.3 is 30.1 Å². The van der Waals surface area contributed by atoms with Gasteiger partial charge in [-0.25, -0.2) is 0 Å². The molecular weight excluding hydrogens is 662 g/mol. The molecule has 0 radical (unpaired) electrons. The van der Waals surface area contributed by atoms with Crippen molar-refractivity contribution in [2.75, 3.05) is 27.2 Å². The number of carbonyl (C=O) groups excluding carboxylic acids is 6. The number of esters is 1. The fourth-order valence-corrected chi connectivity index (χ4v) is 7.10. The Balaban J connectivity index is 1.74. The van der Waals surface area contributed by atoms with Crippen LogP contribution in [0.25, 0.3) is 0 Å². The normalized spacial score (nSPS) is 24.8. The maximum Gasteiger partial charge on any atom is 0.306 e. The summed E-state index contributed by atoms with van der Waals surface area (Å²) in [5, 5.41) is 5.83. The molecule has 52 heavy (non-hydrogen) atoms. The average molecular weight is 718 g/mol. The lowest BCUT2D eigenvalue weighted by atomic mass is 9.97. The van der Waals surface area contributed by atoms with Gasteiger partial charge in [0.05, 0.1) is 0 Å². The average Bonchev–Trinajstić information content (AvgIpc) is 3.61. The van der Waals surface area contributed by atoms with E-state index in [2.05, 4.69) is 10.6 Å². The largest absolute Gasteiger partial charge is 0.452 e. The lowest BCUT2D eigenvalue weighted by Gasteiger charge is -2.38. The minimum absolute atomic E-state index is 0.0278. The van der Waals surface area contributed by atoms with Crippen molar-refractivity contribution in [3.05, 3.63) is 71.8 Å². The van der Waals surface area contributed by atoms with Crippen molar-refractivity contribution in [1.29, 1.82) is 0 Å². The Kier molecular flexibility index (Phi) is 14.4. The molecule has 2 saturated heterocycles. The van der Waals surface area contributed by atoms with Crippen molar-refractivity contribution in [2.45, 2.75) is 103 Å². The highest BCUT2D eigenvalue weighted by atomic mass is 16.5. The molecule has 2 aromatic rings. The lowest BCUT2D eigenvalue weighted by molar-refractivity contribution is -0.162. The van der Waals surface area contributed by atoms with E-state index in [0.29, 0.717) is 19.4 Å². The Morgan fingerprint density at radius 2 is 1.37 bits per heavy atom. The fraction of sp³-hybridized carbons (Fsp3) is 0.550. The number of cyclic esters (lactones) is 1. The summed E-state index contributed by atoms with van der Waals surface area (Å²) in [5.41, 5.74) is 1.65. The van der Waals surface area contributed by atoms with E-state index in [1.54, 1.807) is 14.1 Å². The van der Waals surface area contributed by atoms with Gasteiger partial charge in [-0.05, 0) is 48.6 Å². The Bertz CT molecular complexity index is 1550. The number of hydrogen-bond acceptors (Lipinski definition) is 7. The Morgan fingerprint density at radius 1 is 0.750 bits per heavy atom. The van der Waals surface area contributed by atoms with Gasteiger partial charge in [0.15, 0.2) is 6.10 Å². The van der Waals surface area contributed by atoms with Gasteiger partial charge >= 0.3 is 5.97 Å². The van der Waals surface area contributed by atoms with E-state index in [1.165, 1.54) is 14.7 Å². The van der Waals surface area contributed by atoms with E-state index in [0.717, 1.165) is 11.1 Å². The molecule has 2 aliphatic heterocycles. The molecule has 5 amide bonds. The molecule has 2 aromatic carbocycles. The molecule has 0 aliphatic carbocycles. The van der Waals surface area contributed by atoms with Gasteiger partial charge in [0, 0.05) is 46.4 Å². The Morgan fingerprint density at radius 3 is 1.96 bits per heavy atom. The van der Waals surface area contributed by atoms with Crippen LogP contribution >= 0.6 is 0 Å². The molecule has 2 heterocycles. The number of amides is 5. The SMILES string of the molecule is CC(C)C[C@@H]1OC(=O)CCCNC(=O)[C@H](Cc2ccccc2)N(C)C(=O)[C@H](C(C)C)N(C)C(=O)[C@H](Cc2ccccc2)NC(=O)[C@@H]2CCCN2C1=O. The number of hydrogen-bond donors (Lipinski definition) is 2. The van der Waals surface area contributed by atoms with Crippen LogP contribution in [0, 0.1) is 11.8 Å². The van der Waals surface area contributed by atoms with Crippen molar-refractivity contribution in [3.8, 4) is 0 Å². The van der Waals surface area contributed by atoms with E-state index in [4.69, 9.17) is 4.74 Å². The van der Waals surface area contributed by atoms with E-state index < -0.39 is 65.8 Å². The molecule has 12 heteroatoms. The van der Waals surface area contributed by atoms with Gasteiger partial charge in [-0.2, -0.15) is 0 Å². The van der Waals surface area contributed by atoms with Crippen LogP contribution in [0.5, 0.6) is 0 Å². The molecule has 2 N–H and O–H groups in total. The zero-order chi connectivity index (χ0) is 37.9. The molecule has 0 saturated carbocycles. The van der Waals surface area contributed by atoms with Crippen molar-refractivity contribution in [2.24, 2.45) is 11.8 Å². The third kappa shape index (κ3) is 10.4. The van der Waals surface area contributed by atoms with Gasteiger partial charge in [-0.1, -0.05) is 88.4 Å². The quantitative estimate of drug-likeness (QED) is 0.419. The molecule has 0 unspecified atom stereocenters. The van der Waals surface area contributed by atoms with Crippen LogP contribution in [0.1, 0.15) is 70.9 Å². The maximum absolute atomic E-state index is 14.5. The lowest BCUT2D eigenvalue weighted by Crippen LogP contribution is -2.60. The standard InChI is InChI=1S/C40H55N5O7/c1-26(2)23-33-39(50)45-22-14-19-31(45)37(48)42-30(24-28-15-9-7-10-16-28)38(49)44(6)35(27(3)4)40(51)43(5)32(25-29-17-11-8-12-18-29)36(47)41-21-13-20-34(46)52-33/h7-12,15-18,26-27,30-33,35H,13-14,19-25H2,1-6H3,(H,41,47)(H,42,48)/t30-,31-,32-,33-,35-/m0/s1. The van der Waals surface area contributed by atoms with E-state index in [9.17, 15) is 28.8 Å². The highest BCUT2D eigenvalue weighted by Gasteiger charge is 2.42. The monoisotopic (exact) mass is 717 g/mol. The molecule has 12 nitrogen and oxygen atoms in total. The highest BCUT2D eigenvalue weighted by Crippen LogP contribution is 2.24. The molecule has 0 bridgehead atoms. The summed E-state index contributed by atoms with van der Waals surface area (Å²) in [4.78, 5) is 87.9. The van der Waals surface area contributed by atoms with Crippen LogP contribution in [0.15, 0.2) is 60.7 Å². The molecule has 5 atom stereocenters. The number of fused-ring (bicyclic) bond motifs is 1. The molecule has 282 valence electrons. The van der Waals surface area contributed by atoms with E-state index in [-0.39, 0.29) is 50.5 Å². The highest BCUT2D eigenvalue weighted by molar-refractivity contribution is 5.96. The first-order valence-corrected chi connectivity index (χ1v) is 18.5. The summed E-state index contributed by atoms with van der Waals surface area (Å²) in [6, 6.07) is 14.8. The number of likely N-dealkylation sites (N-methyl/N-ethyl adjacent to an activating group) is 2. The van der Waals surface area contributed by atoms with Gasteiger partial charge in [0.2, 0.25) is 23.6 Å². The molecule has 4 rings (SSSR count). The minimum atomic E-state index is -1.07. The van der Waals surface area contributed by atoms with Crippen molar-refractivity contribution >= 4 is 35.5 Å². The summed E-state index contributed by atoms with van der Waals surface area (Å²) in [6.45, 7) is 7.99. The summed E-state index contributed by atoms with van der Waals surface area (Å²) in [5.74, 6) is -3.12.